The van der Waals surface area contributed by atoms with E-state index in [0.717, 1.165) is 27.5 Å². The second-order valence-corrected chi connectivity index (χ2v) is 10.8. The topological polar surface area (TPSA) is 87.0 Å². The smallest absolute Gasteiger partial charge is 0.328 e. The molecule has 3 heterocycles. The van der Waals surface area contributed by atoms with Gasteiger partial charge in [-0.2, -0.15) is 0 Å². The molecule has 2 atom stereocenters. The van der Waals surface area contributed by atoms with Gasteiger partial charge in [0.15, 0.2) is 17.5 Å². The highest BCUT2D eigenvalue weighted by atomic mass is 32.2. The van der Waals surface area contributed by atoms with Gasteiger partial charge in [0, 0.05) is 22.6 Å². The number of pyridine rings is 1. The summed E-state index contributed by atoms with van der Waals surface area (Å²) < 4.78 is 18.9. The number of carboxylic acid groups (broad SMARTS) is 1. The van der Waals surface area contributed by atoms with E-state index < -0.39 is 17.3 Å². The molecule has 0 saturated heterocycles. The number of fused-ring (bicyclic) bond motifs is 3. The van der Waals surface area contributed by atoms with Gasteiger partial charge in [-0.15, -0.1) is 0 Å². The van der Waals surface area contributed by atoms with Gasteiger partial charge in [-0.05, 0) is 34.7 Å². The van der Waals surface area contributed by atoms with Gasteiger partial charge >= 0.3 is 5.97 Å². The molecule has 0 saturated carbocycles. The summed E-state index contributed by atoms with van der Waals surface area (Å²) in [7, 11) is 0. The lowest BCUT2D eigenvalue weighted by molar-refractivity contribution is -0.141. The predicted octanol–water partition coefficient (Wildman–Crippen LogP) is 6.45. The van der Waals surface area contributed by atoms with Crippen molar-refractivity contribution in [2.45, 2.75) is 22.9 Å². The Morgan fingerprint density at radius 3 is 2.55 bits per heavy atom. The summed E-state index contributed by atoms with van der Waals surface area (Å²) in [5, 5.41) is 12.4. The van der Waals surface area contributed by atoms with Gasteiger partial charge in [-0.1, -0.05) is 84.6 Å². The number of benzene rings is 4. The van der Waals surface area contributed by atoms with E-state index in [2.05, 4.69) is 0 Å². The summed E-state index contributed by atoms with van der Waals surface area (Å²) in [6.07, 6.45) is 0. The van der Waals surface area contributed by atoms with Crippen LogP contribution in [0.3, 0.4) is 0 Å². The first-order valence-electron chi connectivity index (χ1n) is 12.8. The molecule has 0 amide bonds. The highest BCUT2D eigenvalue weighted by molar-refractivity contribution is 7.99. The molecule has 0 fully saturated rings. The first-order valence-corrected chi connectivity index (χ1v) is 13.7. The molecule has 1 aromatic heterocycles. The number of hydrogen-bond donors (Lipinski definition) is 1. The maximum Gasteiger partial charge on any atom is 0.328 e. The number of carbonyl (C=O) groups is 1. The Morgan fingerprint density at radius 2 is 1.70 bits per heavy atom. The maximum absolute atomic E-state index is 13.6. The van der Waals surface area contributed by atoms with Crippen molar-refractivity contribution in [2.24, 2.45) is 0 Å². The zero-order valence-corrected chi connectivity index (χ0v) is 22.0. The number of aliphatic carboxylic acids is 1. The average Bonchev–Trinajstić information content (AvgIpc) is 3.62. The minimum absolute atomic E-state index is 0.120. The van der Waals surface area contributed by atoms with Crippen LogP contribution in [0.15, 0.2) is 107 Å². The third-order valence-electron chi connectivity index (χ3n) is 7.27. The molecular formula is C32H23NO6S. The number of ether oxygens (including phenoxy) is 3. The van der Waals surface area contributed by atoms with Gasteiger partial charge in [0.05, 0.1) is 10.3 Å². The zero-order valence-electron chi connectivity index (χ0n) is 21.2. The lowest BCUT2D eigenvalue weighted by Crippen LogP contribution is -2.30. The van der Waals surface area contributed by atoms with E-state index in [9.17, 15) is 14.7 Å². The van der Waals surface area contributed by atoms with Crippen LogP contribution in [0, 0.1) is 0 Å². The van der Waals surface area contributed by atoms with Crippen molar-refractivity contribution in [3.05, 3.63) is 119 Å². The van der Waals surface area contributed by atoms with E-state index in [0.29, 0.717) is 27.8 Å². The molecule has 1 N–H and O–H groups in total. The maximum atomic E-state index is 13.6. The number of thioether (sulfide) groups is 1. The number of aromatic nitrogens is 1. The third-order valence-corrected chi connectivity index (χ3v) is 8.68. The molecule has 2 aliphatic rings. The molecule has 5 aromatic rings. The van der Waals surface area contributed by atoms with Crippen molar-refractivity contribution in [1.29, 1.82) is 0 Å². The molecule has 0 radical (unpaired) electrons. The van der Waals surface area contributed by atoms with Gasteiger partial charge in [-0.25, -0.2) is 4.79 Å². The number of hydrogen-bond acceptors (Lipinski definition) is 6. The highest BCUT2D eigenvalue weighted by Crippen LogP contribution is 2.53. The van der Waals surface area contributed by atoms with Gasteiger partial charge in [0.2, 0.25) is 6.79 Å². The number of carboxylic acids is 1. The van der Waals surface area contributed by atoms with E-state index in [1.165, 1.54) is 22.4 Å². The molecule has 8 heteroatoms. The first kappa shape index (κ1) is 24.4. The molecule has 4 aromatic carbocycles. The summed E-state index contributed by atoms with van der Waals surface area (Å²) >= 11 is 1.39. The SMILES string of the molecule is O=C(O)[C@@H]1[C@@H](c2ccccc2)Sc2c(-c3ccc4c(c3)OCO4)c(COc3cccc4ccccc34)cc(=O)n21. The minimum Gasteiger partial charge on any atom is -0.488 e. The van der Waals surface area contributed by atoms with Crippen LogP contribution in [0.2, 0.25) is 0 Å². The van der Waals surface area contributed by atoms with Crippen molar-refractivity contribution < 1.29 is 24.1 Å². The molecular weight excluding hydrogens is 526 g/mol. The molecule has 0 unspecified atom stereocenters. The Kier molecular flexibility index (Phi) is 5.97. The standard InChI is InChI=1S/C32H23NO6S/c34-27-16-22(17-37-24-12-6-10-19-7-4-5-11-23(19)24)28(21-13-14-25-26(15-21)39-18-38-25)31-33(27)29(32(35)36)30(40-31)20-8-2-1-3-9-20/h1-16,29-30H,17-18H2,(H,35,36)/t29-,30+/m0/s1. The van der Waals surface area contributed by atoms with Gasteiger partial charge in [0.25, 0.3) is 5.56 Å². The fraction of sp³-hybridized carbons (Fsp3) is 0.125. The number of nitrogens with zero attached hydrogens (tertiary/aromatic N) is 1. The van der Waals surface area contributed by atoms with Crippen molar-refractivity contribution in [3.8, 4) is 28.4 Å². The van der Waals surface area contributed by atoms with E-state index in [-0.39, 0.29) is 19.0 Å². The molecule has 7 nitrogen and oxygen atoms in total. The molecule has 0 spiro atoms. The summed E-state index contributed by atoms with van der Waals surface area (Å²) in [6.45, 7) is 0.253. The van der Waals surface area contributed by atoms with E-state index in [4.69, 9.17) is 14.2 Å². The summed E-state index contributed by atoms with van der Waals surface area (Å²) in [6, 6.07) is 29.3. The fourth-order valence-corrected chi connectivity index (χ4v) is 7.02. The summed E-state index contributed by atoms with van der Waals surface area (Å²) in [4.78, 5) is 26.2. The monoisotopic (exact) mass is 549 g/mol. The van der Waals surface area contributed by atoms with Crippen LogP contribution in [0.4, 0.5) is 0 Å². The van der Waals surface area contributed by atoms with Crippen LogP contribution in [-0.2, 0) is 11.4 Å². The highest BCUT2D eigenvalue weighted by Gasteiger charge is 2.42. The first-order chi connectivity index (χ1) is 19.6. The summed E-state index contributed by atoms with van der Waals surface area (Å²) in [5.74, 6) is 0.883. The average molecular weight is 550 g/mol. The van der Waals surface area contributed by atoms with Gasteiger partial charge < -0.3 is 19.3 Å². The third kappa shape index (κ3) is 4.08. The molecule has 40 heavy (non-hydrogen) atoms. The fourth-order valence-electron chi connectivity index (χ4n) is 5.43. The van der Waals surface area contributed by atoms with Gasteiger partial charge in [-0.3, -0.25) is 9.36 Å². The Bertz CT molecular complexity index is 1830. The van der Waals surface area contributed by atoms with Crippen LogP contribution >= 0.6 is 11.8 Å². The largest absolute Gasteiger partial charge is 0.488 e. The zero-order chi connectivity index (χ0) is 27.2. The predicted molar refractivity (Wildman–Crippen MR) is 152 cm³/mol. The van der Waals surface area contributed by atoms with E-state index in [1.807, 2.05) is 91.0 Å². The minimum atomic E-state index is -1.06. The lowest BCUT2D eigenvalue weighted by atomic mass is 10.00. The van der Waals surface area contributed by atoms with Crippen LogP contribution in [0.5, 0.6) is 17.2 Å². The summed E-state index contributed by atoms with van der Waals surface area (Å²) in [5.41, 5.74) is 2.65. The molecule has 0 bridgehead atoms. The second-order valence-electron chi connectivity index (χ2n) is 9.62. The van der Waals surface area contributed by atoms with Crippen molar-refractivity contribution in [1.82, 2.24) is 4.57 Å². The van der Waals surface area contributed by atoms with Crippen molar-refractivity contribution >= 4 is 28.5 Å². The molecule has 198 valence electrons. The van der Waals surface area contributed by atoms with Gasteiger partial charge in [0.1, 0.15) is 12.4 Å². The lowest BCUT2D eigenvalue weighted by Gasteiger charge is -2.18. The second kappa shape index (κ2) is 9.81. The molecule has 2 aliphatic heterocycles. The Balaban J connectivity index is 1.39. The van der Waals surface area contributed by atoms with Crippen LogP contribution in [0.1, 0.15) is 22.4 Å². The Labute approximate surface area is 233 Å². The van der Waals surface area contributed by atoms with Crippen LogP contribution in [0.25, 0.3) is 21.9 Å². The normalized spacial score (nSPS) is 17.1. The van der Waals surface area contributed by atoms with Crippen LogP contribution < -0.4 is 19.8 Å². The Hall–Kier alpha value is -4.69. The molecule has 7 rings (SSSR count). The van der Waals surface area contributed by atoms with Crippen LogP contribution in [-0.4, -0.2) is 22.4 Å². The number of rotatable bonds is 6. The Morgan fingerprint density at radius 1 is 0.925 bits per heavy atom. The van der Waals surface area contributed by atoms with Crippen molar-refractivity contribution in [3.63, 3.8) is 0 Å². The quantitative estimate of drug-likeness (QED) is 0.261. The molecule has 0 aliphatic carbocycles. The van der Waals surface area contributed by atoms with Crippen molar-refractivity contribution in [2.75, 3.05) is 6.79 Å². The van der Waals surface area contributed by atoms with E-state index >= 15 is 0 Å². The van der Waals surface area contributed by atoms with E-state index in [1.54, 1.807) is 0 Å².